The Morgan fingerprint density at radius 3 is 2.94 bits per heavy atom. The van der Waals surface area contributed by atoms with Gasteiger partial charge in [0.1, 0.15) is 0 Å². The topological polar surface area (TPSA) is 67.2 Å². The first-order valence-electron chi connectivity index (χ1n) is 6.16. The number of amides is 1. The molecule has 18 heavy (non-hydrogen) atoms. The van der Waals surface area contributed by atoms with E-state index in [1.54, 1.807) is 6.07 Å². The van der Waals surface area contributed by atoms with E-state index in [4.69, 9.17) is 4.52 Å². The molecule has 5 nitrogen and oxygen atoms in total. The van der Waals surface area contributed by atoms with Crippen molar-refractivity contribution in [2.24, 2.45) is 5.92 Å². The first kappa shape index (κ1) is 15.0. The maximum Gasteiger partial charge on any atom is 0.289 e. The lowest BCUT2D eigenvalue weighted by Crippen LogP contribution is -2.48. The van der Waals surface area contributed by atoms with Crippen molar-refractivity contribution in [1.29, 1.82) is 0 Å². The van der Waals surface area contributed by atoms with Gasteiger partial charge in [0.25, 0.3) is 5.91 Å². The molecule has 1 atom stereocenters. The highest BCUT2D eigenvalue weighted by Gasteiger charge is 2.20. The van der Waals surface area contributed by atoms with Crippen LogP contribution in [0.2, 0.25) is 0 Å². The third-order valence-corrected chi connectivity index (χ3v) is 3.29. The van der Waals surface area contributed by atoms with E-state index in [1.807, 2.05) is 0 Å². The average molecular weight is 274 g/mol. The Balaban J connectivity index is 0.00000162. The quantitative estimate of drug-likeness (QED) is 0.854. The van der Waals surface area contributed by atoms with E-state index in [0.29, 0.717) is 24.1 Å². The molecule has 0 aliphatic carbocycles. The zero-order chi connectivity index (χ0) is 12.3. The largest absolute Gasteiger partial charge is 0.351 e. The summed E-state index contributed by atoms with van der Waals surface area (Å²) in [5, 5.41) is 9.94. The van der Waals surface area contributed by atoms with Crippen LogP contribution in [-0.4, -0.2) is 30.7 Å². The second-order valence-corrected chi connectivity index (χ2v) is 4.66. The summed E-state index contributed by atoms with van der Waals surface area (Å²) in [5.41, 5.74) is 0.850. The van der Waals surface area contributed by atoms with Crippen molar-refractivity contribution in [3.63, 3.8) is 0 Å². The van der Waals surface area contributed by atoms with E-state index in [1.165, 1.54) is 0 Å². The number of nitrogens with one attached hydrogen (secondary N) is 2. The molecule has 0 aromatic carbocycles. The van der Waals surface area contributed by atoms with E-state index in [2.05, 4.69) is 29.6 Å². The summed E-state index contributed by atoms with van der Waals surface area (Å²) in [7, 11) is 0. The fourth-order valence-electron chi connectivity index (χ4n) is 1.65. The second-order valence-electron chi connectivity index (χ2n) is 4.66. The lowest BCUT2D eigenvalue weighted by Gasteiger charge is -2.26. The second kappa shape index (κ2) is 6.75. The van der Waals surface area contributed by atoms with Gasteiger partial charge in [-0.3, -0.25) is 4.79 Å². The molecule has 1 aromatic rings. The highest BCUT2D eigenvalue weighted by molar-refractivity contribution is 5.91. The summed E-state index contributed by atoms with van der Waals surface area (Å²) in [5.74, 6) is 1.03. The summed E-state index contributed by atoms with van der Waals surface area (Å²) >= 11 is 0. The Kier molecular flexibility index (Phi) is 5.62. The SMILES string of the molecule is CCC(C)c1cc(C(=O)NCC2CNC2)on1.Cl. The highest BCUT2D eigenvalue weighted by Crippen LogP contribution is 2.18. The maximum absolute atomic E-state index is 11.7. The van der Waals surface area contributed by atoms with Crippen molar-refractivity contribution in [2.75, 3.05) is 19.6 Å². The van der Waals surface area contributed by atoms with E-state index >= 15 is 0 Å². The Hall–Kier alpha value is -1.07. The third-order valence-electron chi connectivity index (χ3n) is 3.29. The van der Waals surface area contributed by atoms with E-state index < -0.39 is 0 Å². The molecule has 0 saturated carbocycles. The van der Waals surface area contributed by atoms with Crippen LogP contribution in [0.25, 0.3) is 0 Å². The maximum atomic E-state index is 11.7. The normalized spacial score (nSPS) is 16.6. The predicted octanol–water partition coefficient (Wildman–Crippen LogP) is 1.56. The van der Waals surface area contributed by atoms with Gasteiger partial charge < -0.3 is 15.2 Å². The molecule has 102 valence electrons. The lowest BCUT2D eigenvalue weighted by atomic mass is 10.0. The van der Waals surface area contributed by atoms with Crippen molar-refractivity contribution in [3.8, 4) is 0 Å². The molecule has 1 aliphatic rings. The van der Waals surface area contributed by atoms with Crippen LogP contribution in [0.4, 0.5) is 0 Å². The molecule has 1 amide bonds. The monoisotopic (exact) mass is 273 g/mol. The minimum absolute atomic E-state index is 0. The molecular formula is C12H20ClN3O2. The van der Waals surface area contributed by atoms with Crippen molar-refractivity contribution in [2.45, 2.75) is 26.2 Å². The number of halogens is 1. The van der Waals surface area contributed by atoms with Gasteiger partial charge in [-0.05, 0) is 6.42 Å². The van der Waals surface area contributed by atoms with Crippen molar-refractivity contribution < 1.29 is 9.32 Å². The van der Waals surface area contributed by atoms with Crippen LogP contribution in [0.15, 0.2) is 10.6 Å². The standard InChI is InChI=1S/C12H19N3O2.ClH/c1-3-8(2)10-4-11(17-15-10)12(16)14-7-9-5-13-6-9;/h4,8-9,13H,3,5-7H2,1-2H3,(H,14,16);1H. The number of hydrogen-bond donors (Lipinski definition) is 2. The molecule has 0 bridgehead atoms. The van der Waals surface area contributed by atoms with Gasteiger partial charge in [0.05, 0.1) is 5.69 Å². The molecule has 1 aromatic heterocycles. The lowest BCUT2D eigenvalue weighted by molar-refractivity contribution is 0.0905. The molecule has 2 heterocycles. The molecule has 1 fully saturated rings. The van der Waals surface area contributed by atoms with E-state index in [9.17, 15) is 4.79 Å². The first-order chi connectivity index (χ1) is 8.20. The number of hydrogen-bond acceptors (Lipinski definition) is 4. The zero-order valence-corrected chi connectivity index (χ0v) is 11.5. The van der Waals surface area contributed by atoms with Crippen molar-refractivity contribution in [3.05, 3.63) is 17.5 Å². The zero-order valence-electron chi connectivity index (χ0n) is 10.7. The number of carbonyl (C=O) groups excluding carboxylic acids is 1. The summed E-state index contributed by atoms with van der Waals surface area (Å²) in [6.45, 7) is 6.82. The van der Waals surface area contributed by atoms with E-state index in [-0.39, 0.29) is 18.3 Å². The molecule has 2 N–H and O–H groups in total. The fourth-order valence-corrected chi connectivity index (χ4v) is 1.65. The van der Waals surface area contributed by atoms with Crippen LogP contribution in [0.3, 0.4) is 0 Å². The van der Waals surface area contributed by atoms with Crippen molar-refractivity contribution in [1.82, 2.24) is 15.8 Å². The minimum atomic E-state index is -0.168. The summed E-state index contributed by atoms with van der Waals surface area (Å²) < 4.78 is 5.06. The van der Waals surface area contributed by atoms with Crippen LogP contribution in [0, 0.1) is 5.92 Å². The van der Waals surface area contributed by atoms with Gasteiger partial charge in [0, 0.05) is 37.5 Å². The smallest absolute Gasteiger partial charge is 0.289 e. The van der Waals surface area contributed by atoms with Crippen LogP contribution < -0.4 is 10.6 Å². The van der Waals surface area contributed by atoms with Crippen LogP contribution in [0.1, 0.15) is 42.4 Å². The molecule has 1 aliphatic heterocycles. The van der Waals surface area contributed by atoms with E-state index in [0.717, 1.165) is 25.2 Å². The van der Waals surface area contributed by atoms with Gasteiger partial charge in [-0.25, -0.2) is 0 Å². The van der Waals surface area contributed by atoms with Gasteiger partial charge >= 0.3 is 0 Å². The van der Waals surface area contributed by atoms with Gasteiger partial charge in [-0.1, -0.05) is 19.0 Å². The van der Waals surface area contributed by atoms with Crippen LogP contribution in [0.5, 0.6) is 0 Å². The molecule has 1 unspecified atom stereocenters. The number of nitrogens with zero attached hydrogens (tertiary/aromatic N) is 1. The minimum Gasteiger partial charge on any atom is -0.351 e. The highest BCUT2D eigenvalue weighted by atomic mass is 35.5. The first-order valence-corrected chi connectivity index (χ1v) is 6.16. The van der Waals surface area contributed by atoms with Gasteiger partial charge in [0.2, 0.25) is 5.76 Å². The summed E-state index contributed by atoms with van der Waals surface area (Å²) in [6, 6.07) is 1.74. The molecule has 6 heteroatoms. The molecule has 0 radical (unpaired) electrons. The Morgan fingerprint density at radius 2 is 2.39 bits per heavy atom. The molecule has 0 spiro atoms. The van der Waals surface area contributed by atoms with Crippen LogP contribution >= 0.6 is 12.4 Å². The molecule has 2 rings (SSSR count). The summed E-state index contributed by atoms with van der Waals surface area (Å²) in [4.78, 5) is 11.7. The van der Waals surface area contributed by atoms with Crippen molar-refractivity contribution >= 4 is 18.3 Å². The number of aromatic nitrogens is 1. The average Bonchev–Trinajstić information content (AvgIpc) is 2.75. The molecular weight excluding hydrogens is 254 g/mol. The Bertz CT molecular complexity index is 390. The Morgan fingerprint density at radius 1 is 1.67 bits per heavy atom. The summed E-state index contributed by atoms with van der Waals surface area (Å²) in [6.07, 6.45) is 0.987. The van der Waals surface area contributed by atoms with Gasteiger partial charge in [-0.15, -0.1) is 12.4 Å². The third kappa shape index (κ3) is 3.46. The van der Waals surface area contributed by atoms with Crippen LogP contribution in [-0.2, 0) is 0 Å². The van der Waals surface area contributed by atoms with Gasteiger partial charge in [-0.2, -0.15) is 0 Å². The number of carbonyl (C=O) groups is 1. The molecule has 1 saturated heterocycles. The fraction of sp³-hybridized carbons (Fsp3) is 0.667. The van der Waals surface area contributed by atoms with Gasteiger partial charge in [0.15, 0.2) is 0 Å². The predicted molar refractivity (Wildman–Crippen MR) is 71.1 cm³/mol. The number of rotatable bonds is 5. The Labute approximate surface area is 113 Å².